The Kier molecular flexibility index (Phi) is 7.18. The van der Waals surface area contributed by atoms with Crippen molar-refractivity contribution in [1.82, 2.24) is 10.2 Å². The van der Waals surface area contributed by atoms with Gasteiger partial charge in [-0.2, -0.15) is 0 Å². The summed E-state index contributed by atoms with van der Waals surface area (Å²) in [6.07, 6.45) is 2.38. The first kappa shape index (κ1) is 19.2. The van der Waals surface area contributed by atoms with Crippen molar-refractivity contribution in [2.75, 3.05) is 27.3 Å². The monoisotopic (exact) mass is 352 g/mol. The highest BCUT2D eigenvalue weighted by Crippen LogP contribution is 2.24. The molecule has 0 spiro atoms. The van der Waals surface area contributed by atoms with Crippen molar-refractivity contribution in [3.8, 4) is 5.75 Å². The minimum Gasteiger partial charge on any atom is -0.481 e. The van der Waals surface area contributed by atoms with Crippen molar-refractivity contribution in [2.45, 2.75) is 37.8 Å². The van der Waals surface area contributed by atoms with Crippen LogP contribution in [0.4, 0.5) is 4.39 Å². The third-order valence-electron chi connectivity index (χ3n) is 4.47. The number of benzene rings is 1. The van der Waals surface area contributed by atoms with Gasteiger partial charge in [0.1, 0.15) is 0 Å². The zero-order chi connectivity index (χ0) is 18.2. The maximum atomic E-state index is 13.6. The first-order chi connectivity index (χ1) is 12.1. The second-order valence-electron chi connectivity index (χ2n) is 6.00. The number of para-hydroxylation sites is 1. The lowest BCUT2D eigenvalue weighted by atomic mass is 9.94. The number of rotatable bonds is 7. The molecule has 1 saturated heterocycles. The molecule has 6 nitrogen and oxygen atoms in total. The van der Waals surface area contributed by atoms with E-state index >= 15 is 0 Å². The zero-order valence-electron chi connectivity index (χ0n) is 14.7. The van der Waals surface area contributed by atoms with Crippen LogP contribution < -0.4 is 10.1 Å². The summed E-state index contributed by atoms with van der Waals surface area (Å²) in [6, 6.07) is 5.80. The van der Waals surface area contributed by atoms with Gasteiger partial charge in [-0.3, -0.25) is 9.59 Å². The second kappa shape index (κ2) is 9.36. The molecule has 7 heteroatoms. The van der Waals surface area contributed by atoms with E-state index in [4.69, 9.17) is 9.47 Å². The number of hydrogen-bond acceptors (Lipinski definition) is 4. The Hall–Kier alpha value is -2.15. The van der Waals surface area contributed by atoms with E-state index in [0.717, 1.165) is 12.8 Å². The Morgan fingerprint density at radius 3 is 2.80 bits per heavy atom. The molecule has 0 aromatic heterocycles. The van der Waals surface area contributed by atoms with Gasteiger partial charge in [-0.1, -0.05) is 12.1 Å². The maximum absolute atomic E-state index is 13.6. The number of nitrogens with zero attached hydrogens (tertiary/aromatic N) is 1. The molecule has 138 valence electrons. The Labute approximate surface area is 147 Å². The second-order valence-corrected chi connectivity index (χ2v) is 6.00. The average molecular weight is 352 g/mol. The van der Waals surface area contributed by atoms with Gasteiger partial charge in [-0.15, -0.1) is 0 Å². The SMILES string of the molecule is CNC(=O)CC[C@H]1[C@@H](OC)CCCN1C(=O)COc1ccccc1F. The molecule has 2 rings (SSSR count). The summed E-state index contributed by atoms with van der Waals surface area (Å²) in [5.41, 5.74) is 0. The number of carbonyl (C=O) groups is 2. The highest BCUT2D eigenvalue weighted by molar-refractivity contribution is 5.79. The summed E-state index contributed by atoms with van der Waals surface area (Å²) in [6.45, 7) is 0.339. The van der Waals surface area contributed by atoms with E-state index in [2.05, 4.69) is 5.32 Å². The van der Waals surface area contributed by atoms with Gasteiger partial charge in [0.2, 0.25) is 5.91 Å². The summed E-state index contributed by atoms with van der Waals surface area (Å²) in [5, 5.41) is 2.58. The Morgan fingerprint density at radius 2 is 2.12 bits per heavy atom. The fourth-order valence-corrected chi connectivity index (χ4v) is 3.14. The van der Waals surface area contributed by atoms with Crippen LogP contribution in [-0.4, -0.2) is 56.2 Å². The quantitative estimate of drug-likeness (QED) is 0.812. The van der Waals surface area contributed by atoms with E-state index in [0.29, 0.717) is 19.4 Å². The summed E-state index contributed by atoms with van der Waals surface area (Å²) < 4.78 is 24.4. The van der Waals surface area contributed by atoms with Crippen LogP contribution in [0.25, 0.3) is 0 Å². The number of halogens is 1. The fraction of sp³-hybridized carbons (Fsp3) is 0.556. The largest absolute Gasteiger partial charge is 0.481 e. The Morgan fingerprint density at radius 1 is 1.36 bits per heavy atom. The topological polar surface area (TPSA) is 67.9 Å². The van der Waals surface area contributed by atoms with Gasteiger partial charge < -0.3 is 19.7 Å². The lowest BCUT2D eigenvalue weighted by Crippen LogP contribution is -2.53. The van der Waals surface area contributed by atoms with Crippen molar-refractivity contribution in [3.05, 3.63) is 30.1 Å². The van der Waals surface area contributed by atoms with Crippen LogP contribution in [0.15, 0.2) is 24.3 Å². The van der Waals surface area contributed by atoms with Gasteiger partial charge in [0.15, 0.2) is 18.2 Å². The van der Waals surface area contributed by atoms with Crippen molar-refractivity contribution in [3.63, 3.8) is 0 Å². The highest BCUT2D eigenvalue weighted by Gasteiger charge is 2.34. The van der Waals surface area contributed by atoms with Gasteiger partial charge in [-0.05, 0) is 31.4 Å². The molecule has 0 aliphatic carbocycles. The highest BCUT2D eigenvalue weighted by atomic mass is 19.1. The molecule has 1 heterocycles. The standard InChI is InChI=1S/C18H25FN2O4/c1-20-17(22)10-9-14-16(24-2)8-5-11-21(14)18(23)12-25-15-7-4-3-6-13(15)19/h3-4,6-7,14,16H,5,8-12H2,1-2H3,(H,20,22)/t14-,16-/m0/s1. The molecule has 1 aromatic carbocycles. The van der Waals surface area contributed by atoms with E-state index in [9.17, 15) is 14.0 Å². The summed E-state index contributed by atoms with van der Waals surface area (Å²) in [5.74, 6) is -0.750. The first-order valence-electron chi connectivity index (χ1n) is 8.47. The van der Waals surface area contributed by atoms with Crippen molar-refractivity contribution in [1.29, 1.82) is 0 Å². The van der Waals surface area contributed by atoms with Crippen LogP contribution in [0.5, 0.6) is 5.75 Å². The lowest BCUT2D eigenvalue weighted by Gasteiger charge is -2.40. The maximum Gasteiger partial charge on any atom is 0.260 e. The van der Waals surface area contributed by atoms with Crippen LogP contribution in [0.3, 0.4) is 0 Å². The van der Waals surface area contributed by atoms with Gasteiger partial charge >= 0.3 is 0 Å². The summed E-state index contributed by atoms with van der Waals surface area (Å²) in [7, 11) is 3.20. The molecule has 2 atom stereocenters. The number of carbonyl (C=O) groups excluding carboxylic acids is 2. The Bertz CT molecular complexity index is 596. The Balaban J connectivity index is 2.00. The van der Waals surface area contributed by atoms with Crippen LogP contribution >= 0.6 is 0 Å². The van der Waals surface area contributed by atoms with Crippen molar-refractivity contribution in [2.24, 2.45) is 0 Å². The van der Waals surface area contributed by atoms with Crippen LogP contribution in [-0.2, 0) is 14.3 Å². The van der Waals surface area contributed by atoms with E-state index in [1.54, 1.807) is 31.2 Å². The summed E-state index contributed by atoms with van der Waals surface area (Å²) in [4.78, 5) is 25.8. The lowest BCUT2D eigenvalue weighted by molar-refractivity contribution is -0.143. The molecular formula is C18H25FN2O4. The molecule has 0 radical (unpaired) electrons. The van der Waals surface area contributed by atoms with E-state index in [1.807, 2.05) is 0 Å². The fourth-order valence-electron chi connectivity index (χ4n) is 3.14. The number of ether oxygens (including phenoxy) is 2. The van der Waals surface area contributed by atoms with Gasteiger partial charge in [-0.25, -0.2) is 4.39 Å². The molecule has 0 saturated carbocycles. The zero-order valence-corrected chi connectivity index (χ0v) is 14.7. The molecule has 0 bridgehead atoms. The summed E-state index contributed by atoms with van der Waals surface area (Å²) >= 11 is 0. The number of methoxy groups -OCH3 is 1. The molecule has 1 N–H and O–H groups in total. The molecule has 1 fully saturated rings. The van der Waals surface area contributed by atoms with Crippen LogP contribution in [0.1, 0.15) is 25.7 Å². The van der Waals surface area contributed by atoms with Gasteiger partial charge in [0, 0.05) is 27.1 Å². The minimum atomic E-state index is -0.500. The molecular weight excluding hydrogens is 327 g/mol. The normalized spacial score (nSPS) is 20.2. The smallest absolute Gasteiger partial charge is 0.260 e. The first-order valence-corrected chi connectivity index (χ1v) is 8.47. The van der Waals surface area contributed by atoms with Crippen molar-refractivity contribution >= 4 is 11.8 Å². The van der Waals surface area contributed by atoms with Crippen LogP contribution in [0, 0.1) is 5.82 Å². The number of hydrogen-bond donors (Lipinski definition) is 1. The van der Waals surface area contributed by atoms with E-state index < -0.39 is 5.82 Å². The number of nitrogens with one attached hydrogen (secondary N) is 1. The molecule has 2 amide bonds. The van der Waals surface area contributed by atoms with Gasteiger partial charge in [0.25, 0.3) is 5.91 Å². The third kappa shape index (κ3) is 5.16. The van der Waals surface area contributed by atoms with E-state index in [-0.39, 0.29) is 36.3 Å². The molecule has 1 aliphatic heterocycles. The minimum absolute atomic E-state index is 0.0538. The van der Waals surface area contributed by atoms with E-state index in [1.165, 1.54) is 12.1 Å². The molecule has 1 aliphatic rings. The predicted molar refractivity (Wildman–Crippen MR) is 90.7 cm³/mol. The molecule has 25 heavy (non-hydrogen) atoms. The number of likely N-dealkylation sites (tertiary alicyclic amines) is 1. The number of amides is 2. The average Bonchev–Trinajstić information content (AvgIpc) is 2.64. The number of piperidine rings is 1. The third-order valence-corrected chi connectivity index (χ3v) is 4.47. The molecule has 0 unspecified atom stereocenters. The predicted octanol–water partition coefficient (Wildman–Crippen LogP) is 1.74. The van der Waals surface area contributed by atoms with Gasteiger partial charge in [0.05, 0.1) is 12.1 Å². The molecule has 1 aromatic rings. The van der Waals surface area contributed by atoms with Crippen LogP contribution in [0.2, 0.25) is 0 Å². The van der Waals surface area contributed by atoms with Crippen molar-refractivity contribution < 1.29 is 23.5 Å².